The number of rotatable bonds is 5. The highest BCUT2D eigenvalue weighted by molar-refractivity contribution is 5.95. The number of aromatic nitrogens is 2. The van der Waals surface area contributed by atoms with Crippen LogP contribution < -0.4 is 10.1 Å². The van der Waals surface area contributed by atoms with Crippen molar-refractivity contribution in [1.82, 2.24) is 9.78 Å². The first-order valence-electron chi connectivity index (χ1n) is 7.39. The molecule has 0 atom stereocenters. The Bertz CT molecular complexity index is 846. The number of carbonyl (C=O) groups excluding carboxylic acids is 1. The molecule has 24 heavy (non-hydrogen) atoms. The van der Waals surface area contributed by atoms with Gasteiger partial charge < -0.3 is 10.1 Å². The van der Waals surface area contributed by atoms with Gasteiger partial charge in [0.2, 0.25) is 0 Å². The number of amides is 1. The Morgan fingerprint density at radius 2 is 2.00 bits per heavy atom. The van der Waals surface area contributed by atoms with Crippen LogP contribution in [0.1, 0.15) is 0 Å². The summed E-state index contributed by atoms with van der Waals surface area (Å²) in [6, 6.07) is 15.3. The van der Waals surface area contributed by atoms with Crippen molar-refractivity contribution in [2.24, 2.45) is 7.05 Å². The fourth-order valence-corrected chi connectivity index (χ4v) is 2.36. The molecule has 0 bridgehead atoms. The molecule has 1 aromatic heterocycles. The van der Waals surface area contributed by atoms with Crippen molar-refractivity contribution in [1.29, 1.82) is 0 Å². The summed E-state index contributed by atoms with van der Waals surface area (Å²) in [6.07, 6.45) is 1.59. The third-order valence-electron chi connectivity index (χ3n) is 3.43. The molecule has 122 valence electrons. The van der Waals surface area contributed by atoms with Gasteiger partial charge in [0, 0.05) is 18.7 Å². The molecule has 0 radical (unpaired) electrons. The zero-order valence-electron chi connectivity index (χ0n) is 13.1. The molecule has 3 aromatic rings. The second-order valence-electron chi connectivity index (χ2n) is 5.19. The third-order valence-corrected chi connectivity index (χ3v) is 3.43. The molecule has 0 saturated carbocycles. The highest BCUT2D eigenvalue weighted by atomic mass is 19.1. The highest BCUT2D eigenvalue weighted by Gasteiger charge is 2.13. The zero-order valence-corrected chi connectivity index (χ0v) is 13.1. The molecule has 1 N–H and O–H groups in total. The fraction of sp³-hybridized carbons (Fsp3) is 0.111. The average molecular weight is 325 g/mol. The van der Waals surface area contributed by atoms with Gasteiger partial charge in [0.15, 0.2) is 6.61 Å². The third kappa shape index (κ3) is 3.60. The van der Waals surface area contributed by atoms with Gasteiger partial charge in [0.05, 0.1) is 17.6 Å². The van der Waals surface area contributed by atoms with E-state index in [0.717, 1.165) is 11.3 Å². The smallest absolute Gasteiger partial charge is 0.262 e. The molecule has 3 rings (SSSR count). The molecule has 0 saturated heterocycles. The Hall–Kier alpha value is -3.15. The maximum Gasteiger partial charge on any atom is 0.262 e. The predicted octanol–water partition coefficient (Wildman–Crippen LogP) is 3.24. The summed E-state index contributed by atoms with van der Waals surface area (Å²) < 4.78 is 20.1. The van der Waals surface area contributed by atoms with E-state index in [2.05, 4.69) is 10.4 Å². The van der Waals surface area contributed by atoms with Crippen LogP contribution in [0, 0.1) is 5.82 Å². The number of benzene rings is 2. The van der Waals surface area contributed by atoms with Gasteiger partial charge in [-0.3, -0.25) is 9.48 Å². The number of anilines is 1. The van der Waals surface area contributed by atoms with Crippen LogP contribution in [-0.4, -0.2) is 22.3 Å². The van der Waals surface area contributed by atoms with Gasteiger partial charge in [-0.2, -0.15) is 5.10 Å². The van der Waals surface area contributed by atoms with E-state index in [9.17, 15) is 9.18 Å². The second-order valence-corrected chi connectivity index (χ2v) is 5.19. The minimum Gasteiger partial charge on any atom is -0.484 e. The van der Waals surface area contributed by atoms with E-state index in [0.29, 0.717) is 11.4 Å². The summed E-state index contributed by atoms with van der Waals surface area (Å²) in [4.78, 5) is 12.1. The van der Waals surface area contributed by atoms with Crippen LogP contribution in [0.4, 0.5) is 10.1 Å². The van der Waals surface area contributed by atoms with Crippen molar-refractivity contribution < 1.29 is 13.9 Å². The number of nitrogens with one attached hydrogen (secondary N) is 1. The molecule has 0 aliphatic carbocycles. The van der Waals surface area contributed by atoms with Crippen molar-refractivity contribution in [2.45, 2.75) is 0 Å². The number of nitrogens with zero attached hydrogens (tertiary/aromatic N) is 2. The lowest BCUT2D eigenvalue weighted by atomic mass is 10.1. The molecule has 1 heterocycles. The Morgan fingerprint density at radius 3 is 2.75 bits per heavy atom. The van der Waals surface area contributed by atoms with Crippen molar-refractivity contribution in [2.75, 3.05) is 11.9 Å². The second kappa shape index (κ2) is 6.95. The summed E-state index contributed by atoms with van der Waals surface area (Å²) in [6.45, 7) is -0.216. The van der Waals surface area contributed by atoms with Crippen LogP contribution >= 0.6 is 0 Å². The Balaban J connectivity index is 1.69. The summed E-state index contributed by atoms with van der Waals surface area (Å²) in [5, 5.41) is 6.96. The van der Waals surface area contributed by atoms with Crippen molar-refractivity contribution in [3.63, 3.8) is 0 Å². The summed E-state index contributed by atoms with van der Waals surface area (Å²) in [5.41, 5.74) is 2.34. The Morgan fingerprint density at radius 1 is 1.21 bits per heavy atom. The molecule has 1 amide bonds. The van der Waals surface area contributed by atoms with Crippen molar-refractivity contribution >= 4 is 11.6 Å². The largest absolute Gasteiger partial charge is 0.484 e. The van der Waals surface area contributed by atoms with E-state index in [4.69, 9.17) is 4.74 Å². The average Bonchev–Trinajstić information content (AvgIpc) is 2.94. The van der Waals surface area contributed by atoms with E-state index < -0.39 is 5.82 Å². The maximum absolute atomic E-state index is 13.1. The standard InChI is InChI=1S/C18H16FN3O2/c1-22-18(13-6-3-2-4-7-13)16(11-20-22)21-17(23)12-24-15-9-5-8-14(19)10-15/h2-11H,12H2,1H3,(H,21,23). The number of aryl methyl sites for hydroxylation is 1. The van der Waals surface area contributed by atoms with E-state index in [-0.39, 0.29) is 12.5 Å². The predicted molar refractivity (Wildman–Crippen MR) is 89.2 cm³/mol. The van der Waals surface area contributed by atoms with Crippen LogP contribution in [0.5, 0.6) is 5.75 Å². The van der Waals surface area contributed by atoms with Crippen molar-refractivity contribution in [3.8, 4) is 17.0 Å². The van der Waals surface area contributed by atoms with Gasteiger partial charge in [0.1, 0.15) is 11.6 Å². The van der Waals surface area contributed by atoms with Crippen LogP contribution in [0.15, 0.2) is 60.8 Å². The lowest BCUT2D eigenvalue weighted by Crippen LogP contribution is -2.20. The van der Waals surface area contributed by atoms with E-state index in [1.165, 1.54) is 18.2 Å². The first kappa shape index (κ1) is 15.7. The van der Waals surface area contributed by atoms with E-state index in [1.807, 2.05) is 30.3 Å². The van der Waals surface area contributed by atoms with Gasteiger partial charge in [-0.15, -0.1) is 0 Å². The molecule has 0 aliphatic rings. The Kier molecular flexibility index (Phi) is 4.56. The first-order chi connectivity index (χ1) is 11.6. The van der Waals surface area contributed by atoms with Crippen LogP contribution in [0.25, 0.3) is 11.3 Å². The summed E-state index contributed by atoms with van der Waals surface area (Å²) >= 11 is 0. The maximum atomic E-state index is 13.1. The molecule has 5 nitrogen and oxygen atoms in total. The number of hydrogen-bond donors (Lipinski definition) is 1. The van der Waals surface area contributed by atoms with E-state index in [1.54, 1.807) is 24.0 Å². The zero-order chi connectivity index (χ0) is 16.9. The number of carbonyl (C=O) groups is 1. The minimum atomic E-state index is -0.411. The molecular formula is C18H16FN3O2. The van der Waals surface area contributed by atoms with Crippen LogP contribution in [0.2, 0.25) is 0 Å². The molecule has 0 unspecified atom stereocenters. The lowest BCUT2D eigenvalue weighted by molar-refractivity contribution is -0.118. The fourth-order valence-electron chi connectivity index (χ4n) is 2.36. The van der Waals surface area contributed by atoms with Gasteiger partial charge in [-0.05, 0) is 12.1 Å². The molecule has 6 heteroatoms. The van der Waals surface area contributed by atoms with Crippen LogP contribution in [0.3, 0.4) is 0 Å². The van der Waals surface area contributed by atoms with E-state index >= 15 is 0 Å². The monoisotopic (exact) mass is 325 g/mol. The Labute approximate surface area is 138 Å². The number of halogens is 1. The lowest BCUT2D eigenvalue weighted by Gasteiger charge is -2.09. The molecule has 2 aromatic carbocycles. The first-order valence-corrected chi connectivity index (χ1v) is 7.39. The number of hydrogen-bond acceptors (Lipinski definition) is 3. The molecular weight excluding hydrogens is 309 g/mol. The highest BCUT2D eigenvalue weighted by Crippen LogP contribution is 2.26. The van der Waals surface area contributed by atoms with Crippen LogP contribution in [-0.2, 0) is 11.8 Å². The topological polar surface area (TPSA) is 56.2 Å². The summed E-state index contributed by atoms with van der Waals surface area (Å²) in [7, 11) is 1.81. The van der Waals surface area contributed by atoms with Gasteiger partial charge >= 0.3 is 0 Å². The van der Waals surface area contributed by atoms with Gasteiger partial charge in [-0.1, -0.05) is 36.4 Å². The summed E-state index contributed by atoms with van der Waals surface area (Å²) in [5.74, 6) is -0.449. The minimum absolute atomic E-state index is 0.216. The quantitative estimate of drug-likeness (QED) is 0.783. The van der Waals surface area contributed by atoms with Gasteiger partial charge in [0.25, 0.3) is 5.91 Å². The molecule has 0 fully saturated rings. The molecule has 0 aliphatic heterocycles. The SMILES string of the molecule is Cn1ncc(NC(=O)COc2cccc(F)c2)c1-c1ccccc1. The molecule has 0 spiro atoms. The number of ether oxygens (including phenoxy) is 1. The van der Waals surface area contributed by atoms with Gasteiger partial charge in [-0.25, -0.2) is 4.39 Å². The normalized spacial score (nSPS) is 10.4. The van der Waals surface area contributed by atoms with Crippen molar-refractivity contribution in [3.05, 3.63) is 66.6 Å².